The van der Waals surface area contributed by atoms with Gasteiger partial charge in [0.05, 0.1) is 0 Å². The molecule has 0 bridgehead atoms. The van der Waals surface area contributed by atoms with E-state index in [4.69, 9.17) is 5.73 Å². The van der Waals surface area contributed by atoms with Crippen LogP contribution in [-0.2, 0) is 17.6 Å². The van der Waals surface area contributed by atoms with E-state index in [-0.39, 0.29) is 5.91 Å². The van der Waals surface area contributed by atoms with Crippen molar-refractivity contribution in [2.75, 3.05) is 11.9 Å². The van der Waals surface area contributed by atoms with Gasteiger partial charge in [0.2, 0.25) is 5.91 Å². The highest BCUT2D eigenvalue weighted by Crippen LogP contribution is 2.21. The summed E-state index contributed by atoms with van der Waals surface area (Å²) in [6.45, 7) is 0.745. The van der Waals surface area contributed by atoms with E-state index < -0.39 is 0 Å². The number of carbonyl (C=O) groups is 1. The zero-order valence-electron chi connectivity index (χ0n) is 9.33. The van der Waals surface area contributed by atoms with Gasteiger partial charge in [-0.25, -0.2) is 4.98 Å². The quantitative estimate of drug-likeness (QED) is 0.732. The second kappa shape index (κ2) is 4.96. The molecule has 0 atom stereocenters. The van der Waals surface area contributed by atoms with Crippen LogP contribution in [0.2, 0.25) is 0 Å². The van der Waals surface area contributed by atoms with Gasteiger partial charge in [0.15, 0.2) is 0 Å². The van der Waals surface area contributed by atoms with E-state index in [9.17, 15) is 4.79 Å². The van der Waals surface area contributed by atoms with E-state index in [1.54, 1.807) is 0 Å². The summed E-state index contributed by atoms with van der Waals surface area (Å²) in [4.78, 5) is 15.1. The number of amides is 1. The average molecular weight is 219 g/mol. The molecule has 4 nitrogen and oxygen atoms in total. The van der Waals surface area contributed by atoms with E-state index in [0.717, 1.165) is 31.6 Å². The van der Waals surface area contributed by atoms with Crippen LogP contribution in [0.15, 0.2) is 12.1 Å². The van der Waals surface area contributed by atoms with Crippen LogP contribution in [-0.4, -0.2) is 17.4 Å². The summed E-state index contributed by atoms with van der Waals surface area (Å²) in [5.41, 5.74) is 7.66. The molecule has 0 unspecified atom stereocenters. The second-order valence-corrected chi connectivity index (χ2v) is 4.15. The molecule has 0 aromatic carbocycles. The number of anilines is 1. The van der Waals surface area contributed by atoms with Gasteiger partial charge in [0, 0.05) is 18.7 Å². The molecule has 1 aromatic rings. The summed E-state index contributed by atoms with van der Waals surface area (Å²) in [5, 5.41) is 3.21. The lowest BCUT2D eigenvalue weighted by molar-refractivity contribution is -0.118. The van der Waals surface area contributed by atoms with Crippen molar-refractivity contribution in [1.82, 2.24) is 4.98 Å². The summed E-state index contributed by atoms with van der Waals surface area (Å²) < 4.78 is 0. The number of aryl methyl sites for hydroxylation is 2. The zero-order chi connectivity index (χ0) is 11.4. The van der Waals surface area contributed by atoms with Gasteiger partial charge in [0.25, 0.3) is 0 Å². The molecule has 0 aliphatic heterocycles. The molecule has 3 N–H and O–H groups in total. The Morgan fingerprint density at radius 3 is 3.12 bits per heavy atom. The number of nitrogens with two attached hydrogens (primary N) is 1. The third-order valence-corrected chi connectivity index (χ3v) is 2.83. The molecule has 0 spiro atoms. The minimum absolute atomic E-state index is 0.247. The Balaban J connectivity index is 1.83. The molecule has 2 rings (SSSR count). The first-order valence-electron chi connectivity index (χ1n) is 5.76. The standard InChI is InChI=1S/C12H17N3O/c13-11(16)5-2-8-14-12-7-6-9-3-1-4-10(9)15-12/h6-7H,1-5,8H2,(H2,13,16)(H,14,15). The van der Waals surface area contributed by atoms with Crippen molar-refractivity contribution in [3.8, 4) is 0 Å². The van der Waals surface area contributed by atoms with Crippen LogP contribution in [0, 0.1) is 0 Å². The molecule has 0 saturated heterocycles. The third-order valence-electron chi connectivity index (χ3n) is 2.83. The molecule has 1 aliphatic carbocycles. The van der Waals surface area contributed by atoms with E-state index in [0.29, 0.717) is 6.42 Å². The predicted octanol–water partition coefficient (Wildman–Crippen LogP) is 1.25. The number of hydrogen-bond acceptors (Lipinski definition) is 3. The predicted molar refractivity (Wildman–Crippen MR) is 63.2 cm³/mol. The van der Waals surface area contributed by atoms with Gasteiger partial charge < -0.3 is 11.1 Å². The Kier molecular flexibility index (Phi) is 3.39. The Bertz CT molecular complexity index is 390. The molecule has 4 heteroatoms. The highest BCUT2D eigenvalue weighted by atomic mass is 16.1. The monoisotopic (exact) mass is 219 g/mol. The number of fused-ring (bicyclic) bond motifs is 1. The lowest BCUT2D eigenvalue weighted by Crippen LogP contribution is -2.13. The van der Waals surface area contributed by atoms with Crippen molar-refractivity contribution in [2.45, 2.75) is 32.1 Å². The van der Waals surface area contributed by atoms with Crippen LogP contribution >= 0.6 is 0 Å². The average Bonchev–Trinajstić information content (AvgIpc) is 2.71. The van der Waals surface area contributed by atoms with Crippen molar-refractivity contribution in [3.05, 3.63) is 23.4 Å². The Morgan fingerprint density at radius 1 is 1.44 bits per heavy atom. The number of hydrogen-bond donors (Lipinski definition) is 2. The van der Waals surface area contributed by atoms with Crippen LogP contribution in [0.4, 0.5) is 5.82 Å². The minimum Gasteiger partial charge on any atom is -0.370 e. The molecule has 1 aliphatic rings. The van der Waals surface area contributed by atoms with Gasteiger partial charge in [0.1, 0.15) is 5.82 Å². The van der Waals surface area contributed by atoms with Crippen molar-refractivity contribution >= 4 is 11.7 Å². The summed E-state index contributed by atoms with van der Waals surface area (Å²) in [5.74, 6) is 0.661. The SMILES string of the molecule is NC(=O)CCCNc1ccc2c(n1)CCC2. The van der Waals surface area contributed by atoms with E-state index in [2.05, 4.69) is 16.4 Å². The lowest BCUT2D eigenvalue weighted by atomic mass is 10.2. The fraction of sp³-hybridized carbons (Fsp3) is 0.500. The fourth-order valence-electron chi connectivity index (χ4n) is 2.00. The molecule has 16 heavy (non-hydrogen) atoms. The van der Waals surface area contributed by atoms with Crippen molar-refractivity contribution < 1.29 is 4.79 Å². The summed E-state index contributed by atoms with van der Waals surface area (Å²) in [6, 6.07) is 4.15. The number of aromatic nitrogens is 1. The first kappa shape index (κ1) is 10.9. The zero-order valence-corrected chi connectivity index (χ0v) is 9.33. The Labute approximate surface area is 95.3 Å². The van der Waals surface area contributed by atoms with Gasteiger partial charge in [-0.15, -0.1) is 0 Å². The van der Waals surface area contributed by atoms with Crippen molar-refractivity contribution in [2.24, 2.45) is 5.73 Å². The topological polar surface area (TPSA) is 68.0 Å². The summed E-state index contributed by atoms with van der Waals surface area (Å²) >= 11 is 0. The largest absolute Gasteiger partial charge is 0.370 e. The van der Waals surface area contributed by atoms with Crippen LogP contribution in [0.1, 0.15) is 30.5 Å². The number of nitrogens with zero attached hydrogens (tertiary/aromatic N) is 1. The van der Waals surface area contributed by atoms with Gasteiger partial charge in [-0.1, -0.05) is 6.07 Å². The first-order chi connectivity index (χ1) is 7.75. The summed E-state index contributed by atoms with van der Waals surface area (Å²) in [7, 11) is 0. The molecule has 86 valence electrons. The number of nitrogens with one attached hydrogen (secondary N) is 1. The number of carbonyl (C=O) groups excluding carboxylic acids is 1. The number of primary amides is 1. The van der Waals surface area contributed by atoms with E-state index in [1.165, 1.54) is 17.7 Å². The van der Waals surface area contributed by atoms with Gasteiger partial charge in [-0.3, -0.25) is 4.79 Å². The van der Waals surface area contributed by atoms with E-state index >= 15 is 0 Å². The molecule has 1 aromatic heterocycles. The van der Waals surface area contributed by atoms with Crippen molar-refractivity contribution in [3.63, 3.8) is 0 Å². The van der Waals surface area contributed by atoms with Gasteiger partial charge in [-0.2, -0.15) is 0 Å². The third kappa shape index (κ3) is 2.72. The Hall–Kier alpha value is -1.58. The minimum atomic E-state index is -0.247. The molecular formula is C12H17N3O. The van der Waals surface area contributed by atoms with Crippen LogP contribution in [0.3, 0.4) is 0 Å². The van der Waals surface area contributed by atoms with E-state index in [1.807, 2.05) is 6.07 Å². The maximum Gasteiger partial charge on any atom is 0.217 e. The van der Waals surface area contributed by atoms with Gasteiger partial charge in [-0.05, 0) is 37.3 Å². The fourth-order valence-corrected chi connectivity index (χ4v) is 2.00. The molecule has 1 heterocycles. The molecule has 0 fully saturated rings. The summed E-state index contributed by atoms with van der Waals surface area (Å²) in [6.07, 6.45) is 4.65. The molecule has 0 saturated carbocycles. The maximum atomic E-state index is 10.5. The Morgan fingerprint density at radius 2 is 2.31 bits per heavy atom. The van der Waals surface area contributed by atoms with Crippen molar-refractivity contribution in [1.29, 1.82) is 0 Å². The molecule has 0 radical (unpaired) electrons. The normalized spacial score (nSPS) is 13.5. The van der Waals surface area contributed by atoms with Crippen LogP contribution in [0.25, 0.3) is 0 Å². The smallest absolute Gasteiger partial charge is 0.217 e. The van der Waals surface area contributed by atoms with Crippen LogP contribution < -0.4 is 11.1 Å². The second-order valence-electron chi connectivity index (χ2n) is 4.15. The molecule has 1 amide bonds. The lowest BCUT2D eigenvalue weighted by Gasteiger charge is -2.06. The van der Waals surface area contributed by atoms with Crippen LogP contribution in [0.5, 0.6) is 0 Å². The maximum absolute atomic E-state index is 10.5. The number of pyridine rings is 1. The molecular weight excluding hydrogens is 202 g/mol. The number of rotatable bonds is 5. The highest BCUT2D eigenvalue weighted by molar-refractivity contribution is 5.73. The first-order valence-corrected chi connectivity index (χ1v) is 5.76. The highest BCUT2D eigenvalue weighted by Gasteiger charge is 2.11. The van der Waals surface area contributed by atoms with Gasteiger partial charge >= 0.3 is 0 Å².